The summed E-state index contributed by atoms with van der Waals surface area (Å²) in [4.78, 5) is 23.3. The van der Waals surface area contributed by atoms with E-state index < -0.39 is 0 Å². The summed E-state index contributed by atoms with van der Waals surface area (Å²) in [6, 6.07) is -0.352. The van der Waals surface area contributed by atoms with E-state index in [0.717, 1.165) is 12.8 Å². The van der Waals surface area contributed by atoms with Crippen molar-refractivity contribution >= 4 is 11.7 Å². The molecule has 0 aromatic rings. The summed E-state index contributed by atoms with van der Waals surface area (Å²) in [6.07, 6.45) is 2.44. The molecule has 0 radical (unpaired) electrons. The third-order valence-electron chi connectivity index (χ3n) is 3.17. The first-order valence-electron chi connectivity index (χ1n) is 6.41. The van der Waals surface area contributed by atoms with Crippen LogP contribution in [0.3, 0.4) is 0 Å². The Morgan fingerprint density at radius 3 is 2.18 bits per heavy atom. The lowest BCUT2D eigenvalue weighted by atomic mass is 9.96. The van der Waals surface area contributed by atoms with E-state index in [9.17, 15) is 9.59 Å². The summed E-state index contributed by atoms with van der Waals surface area (Å²) in [5.74, 6) is 0.206. The maximum atomic E-state index is 11.8. The molecule has 0 saturated heterocycles. The van der Waals surface area contributed by atoms with Crippen molar-refractivity contribution < 1.29 is 9.59 Å². The van der Waals surface area contributed by atoms with Crippen molar-refractivity contribution in [1.82, 2.24) is 5.32 Å². The minimum atomic E-state index is -0.352. The molecule has 0 saturated carbocycles. The van der Waals surface area contributed by atoms with Crippen molar-refractivity contribution in [3.63, 3.8) is 0 Å². The normalized spacial score (nSPS) is 14.5. The molecule has 17 heavy (non-hydrogen) atoms. The van der Waals surface area contributed by atoms with Crippen LogP contribution >= 0.6 is 0 Å². The number of nitrogens with one attached hydrogen (secondary N) is 1. The van der Waals surface area contributed by atoms with Crippen molar-refractivity contribution in [2.45, 2.75) is 53.0 Å². The average molecular weight is 242 g/mol. The van der Waals surface area contributed by atoms with Gasteiger partial charge in [-0.3, -0.25) is 9.59 Å². The highest BCUT2D eigenvalue weighted by Gasteiger charge is 2.22. The maximum Gasteiger partial charge on any atom is 0.223 e. The molecule has 2 atom stereocenters. The van der Waals surface area contributed by atoms with E-state index in [4.69, 9.17) is 5.73 Å². The lowest BCUT2D eigenvalue weighted by molar-refractivity contribution is -0.130. The van der Waals surface area contributed by atoms with Crippen LogP contribution in [0, 0.1) is 11.8 Å². The van der Waals surface area contributed by atoms with Gasteiger partial charge in [-0.2, -0.15) is 0 Å². The third kappa shape index (κ3) is 6.41. The number of carbonyl (C=O) groups excluding carboxylic acids is 2. The van der Waals surface area contributed by atoms with Crippen molar-refractivity contribution in [1.29, 1.82) is 0 Å². The Kier molecular flexibility index (Phi) is 7.79. The highest BCUT2D eigenvalue weighted by atomic mass is 16.2. The van der Waals surface area contributed by atoms with Gasteiger partial charge in [0.05, 0.1) is 6.04 Å². The summed E-state index contributed by atoms with van der Waals surface area (Å²) in [7, 11) is 0. The molecular formula is C13H26N2O2. The van der Waals surface area contributed by atoms with Gasteiger partial charge >= 0.3 is 0 Å². The van der Waals surface area contributed by atoms with Crippen molar-refractivity contribution in [3.8, 4) is 0 Å². The number of amides is 1. The molecule has 0 rings (SSSR count). The Morgan fingerprint density at radius 1 is 1.18 bits per heavy atom. The Bertz CT molecular complexity index is 252. The predicted octanol–water partition coefficient (Wildman–Crippen LogP) is 1.48. The van der Waals surface area contributed by atoms with Gasteiger partial charge in [-0.15, -0.1) is 0 Å². The first-order valence-corrected chi connectivity index (χ1v) is 6.41. The number of ketones is 1. The van der Waals surface area contributed by atoms with Gasteiger partial charge in [0.15, 0.2) is 5.78 Å². The maximum absolute atomic E-state index is 11.8. The first-order chi connectivity index (χ1) is 7.90. The summed E-state index contributed by atoms with van der Waals surface area (Å²) >= 11 is 0. The van der Waals surface area contributed by atoms with E-state index in [1.165, 1.54) is 6.92 Å². The van der Waals surface area contributed by atoms with Crippen LogP contribution in [0.25, 0.3) is 0 Å². The lowest BCUT2D eigenvalue weighted by Gasteiger charge is -2.20. The largest absolute Gasteiger partial charge is 0.346 e. The molecule has 100 valence electrons. The van der Waals surface area contributed by atoms with Crippen molar-refractivity contribution in [2.24, 2.45) is 17.6 Å². The highest BCUT2D eigenvalue weighted by molar-refractivity contribution is 5.88. The minimum absolute atomic E-state index is 0.0197. The van der Waals surface area contributed by atoms with Gasteiger partial charge in [0.25, 0.3) is 0 Å². The molecule has 1 unspecified atom stereocenters. The topological polar surface area (TPSA) is 72.2 Å². The minimum Gasteiger partial charge on any atom is -0.346 e. The third-order valence-corrected chi connectivity index (χ3v) is 3.17. The number of Topliss-reactive ketones (excluding diaryl/α,β-unsaturated/α-hetero) is 1. The van der Waals surface area contributed by atoms with Crippen LogP contribution < -0.4 is 11.1 Å². The van der Waals surface area contributed by atoms with E-state index in [2.05, 4.69) is 5.32 Å². The van der Waals surface area contributed by atoms with E-state index in [0.29, 0.717) is 13.0 Å². The monoisotopic (exact) mass is 242 g/mol. The van der Waals surface area contributed by atoms with Crippen LogP contribution in [0.15, 0.2) is 0 Å². The van der Waals surface area contributed by atoms with Crippen molar-refractivity contribution in [3.05, 3.63) is 0 Å². The second kappa shape index (κ2) is 8.23. The Labute approximate surface area is 104 Å². The molecule has 3 N–H and O–H groups in total. The van der Waals surface area contributed by atoms with Crippen molar-refractivity contribution in [2.75, 3.05) is 6.54 Å². The standard InChI is InChI=1S/C13H26N2O2/c1-9(2)10(3)13(17)15-12(11(4)16)7-5-6-8-14/h9-10,12H,5-8,14H2,1-4H3,(H,15,17)/t10-,12?/m0/s1. The SMILES string of the molecule is CC(=O)C(CCCCN)NC(=O)[C@@H](C)C(C)C. The molecule has 0 heterocycles. The van der Waals surface area contributed by atoms with Crippen LogP contribution in [0.2, 0.25) is 0 Å². The number of carbonyl (C=O) groups is 2. The molecule has 0 aliphatic heterocycles. The fourth-order valence-electron chi connectivity index (χ4n) is 1.48. The molecular weight excluding hydrogens is 216 g/mol. The molecule has 0 aromatic carbocycles. The lowest BCUT2D eigenvalue weighted by Crippen LogP contribution is -2.43. The highest BCUT2D eigenvalue weighted by Crippen LogP contribution is 2.11. The van der Waals surface area contributed by atoms with Crippen LogP contribution in [0.5, 0.6) is 0 Å². The van der Waals surface area contributed by atoms with Gasteiger partial charge in [0, 0.05) is 5.92 Å². The summed E-state index contributed by atoms with van der Waals surface area (Å²) in [5, 5.41) is 2.83. The number of rotatable bonds is 8. The molecule has 0 aliphatic rings. The zero-order chi connectivity index (χ0) is 13.4. The number of hydrogen-bond acceptors (Lipinski definition) is 3. The quantitative estimate of drug-likeness (QED) is 0.633. The van der Waals surface area contributed by atoms with Gasteiger partial charge in [0.2, 0.25) is 5.91 Å². The molecule has 0 aliphatic carbocycles. The van der Waals surface area contributed by atoms with Gasteiger partial charge in [-0.05, 0) is 38.6 Å². The summed E-state index contributed by atoms with van der Waals surface area (Å²) in [5.41, 5.74) is 5.41. The van der Waals surface area contributed by atoms with Gasteiger partial charge in [0.1, 0.15) is 0 Å². The average Bonchev–Trinajstić information content (AvgIpc) is 2.26. The molecule has 0 bridgehead atoms. The fraction of sp³-hybridized carbons (Fsp3) is 0.846. The smallest absolute Gasteiger partial charge is 0.223 e. The number of unbranched alkanes of at least 4 members (excludes halogenated alkanes) is 1. The molecule has 0 spiro atoms. The van der Waals surface area contributed by atoms with Crippen LogP contribution in [0.1, 0.15) is 47.0 Å². The van der Waals surface area contributed by atoms with Gasteiger partial charge < -0.3 is 11.1 Å². The van der Waals surface area contributed by atoms with E-state index in [-0.39, 0.29) is 29.6 Å². The van der Waals surface area contributed by atoms with E-state index in [1.54, 1.807) is 0 Å². The Balaban J connectivity index is 4.25. The molecule has 4 nitrogen and oxygen atoms in total. The zero-order valence-electron chi connectivity index (χ0n) is 11.5. The predicted molar refractivity (Wildman–Crippen MR) is 69.5 cm³/mol. The summed E-state index contributed by atoms with van der Waals surface area (Å²) < 4.78 is 0. The zero-order valence-corrected chi connectivity index (χ0v) is 11.5. The number of nitrogens with two attached hydrogens (primary N) is 1. The number of hydrogen-bond donors (Lipinski definition) is 2. The second-order valence-electron chi connectivity index (χ2n) is 4.99. The first kappa shape index (κ1) is 16.1. The Morgan fingerprint density at radius 2 is 1.76 bits per heavy atom. The van der Waals surface area contributed by atoms with Gasteiger partial charge in [-0.1, -0.05) is 20.8 Å². The van der Waals surface area contributed by atoms with Crippen LogP contribution in [-0.4, -0.2) is 24.3 Å². The Hall–Kier alpha value is -0.900. The summed E-state index contributed by atoms with van der Waals surface area (Å²) in [6.45, 7) is 8.04. The fourth-order valence-corrected chi connectivity index (χ4v) is 1.48. The molecule has 0 fully saturated rings. The van der Waals surface area contributed by atoms with Crippen LogP contribution in [-0.2, 0) is 9.59 Å². The second-order valence-corrected chi connectivity index (χ2v) is 4.99. The molecule has 0 aromatic heterocycles. The van der Waals surface area contributed by atoms with E-state index >= 15 is 0 Å². The van der Waals surface area contributed by atoms with Crippen LogP contribution in [0.4, 0.5) is 0 Å². The molecule has 1 amide bonds. The molecule has 4 heteroatoms. The van der Waals surface area contributed by atoms with Gasteiger partial charge in [-0.25, -0.2) is 0 Å². The van der Waals surface area contributed by atoms with E-state index in [1.807, 2.05) is 20.8 Å².